The van der Waals surface area contributed by atoms with Crippen LogP contribution in [0.2, 0.25) is 0 Å². The third kappa shape index (κ3) is 4.49. The minimum Gasteiger partial charge on any atom is -0.297 e. The van der Waals surface area contributed by atoms with Crippen molar-refractivity contribution in [3.8, 4) is 11.4 Å². The Morgan fingerprint density at radius 2 is 1.77 bits per heavy atom. The van der Waals surface area contributed by atoms with Crippen LogP contribution in [0.1, 0.15) is 28.4 Å². The molecule has 0 aliphatic rings. The van der Waals surface area contributed by atoms with Crippen LogP contribution < -0.4 is 0 Å². The topological polar surface area (TPSA) is 60.7 Å². The molecule has 0 spiro atoms. The number of nitrogens with zero attached hydrogens (tertiary/aromatic N) is 4. The summed E-state index contributed by atoms with van der Waals surface area (Å²) in [6.45, 7) is 4.54. The molecule has 0 bridgehead atoms. The van der Waals surface area contributed by atoms with Gasteiger partial charge in [-0.2, -0.15) is 0 Å². The molecule has 0 saturated heterocycles. The largest absolute Gasteiger partial charge is 0.297 e. The number of aromatic nitrogens is 4. The Hall–Kier alpha value is -3.25. The highest BCUT2D eigenvalue weighted by molar-refractivity contribution is 8.00. The lowest BCUT2D eigenvalue weighted by Gasteiger charge is -2.13. The molecular weight excluding hydrogens is 392 g/mol. The fraction of sp³-hybridized carbons (Fsp3) is 0.167. The van der Waals surface area contributed by atoms with Gasteiger partial charge < -0.3 is 0 Å². The van der Waals surface area contributed by atoms with Gasteiger partial charge in [0, 0.05) is 23.5 Å². The summed E-state index contributed by atoms with van der Waals surface area (Å²) in [5.41, 5.74) is 3.88. The molecule has 0 amide bonds. The van der Waals surface area contributed by atoms with Gasteiger partial charge in [0.1, 0.15) is 0 Å². The number of Topliss-reactive ketones (excluding diaryl/α,β-unsaturated/α-hetero) is 1. The Morgan fingerprint density at radius 1 is 1.00 bits per heavy atom. The minimum absolute atomic E-state index is 0.0807. The molecule has 1 atom stereocenters. The monoisotopic (exact) mass is 414 g/mol. The van der Waals surface area contributed by atoms with Crippen LogP contribution >= 0.6 is 11.8 Å². The first-order valence-corrected chi connectivity index (χ1v) is 10.6. The lowest BCUT2D eigenvalue weighted by molar-refractivity contribution is 0.0994. The van der Waals surface area contributed by atoms with Gasteiger partial charge in [-0.1, -0.05) is 71.9 Å². The molecule has 0 radical (unpaired) electrons. The number of carbonyl (C=O) groups excluding carboxylic acids is 1. The van der Waals surface area contributed by atoms with E-state index >= 15 is 0 Å². The van der Waals surface area contributed by atoms with Crippen molar-refractivity contribution in [3.63, 3.8) is 0 Å². The Balaban J connectivity index is 1.64. The van der Waals surface area contributed by atoms with E-state index in [1.807, 2.05) is 68.4 Å². The third-order valence-electron chi connectivity index (χ3n) is 4.81. The van der Waals surface area contributed by atoms with Gasteiger partial charge in [0.25, 0.3) is 0 Å². The first kappa shape index (κ1) is 20.0. The number of rotatable bonds is 7. The molecule has 2 aromatic carbocycles. The standard InChI is InChI=1S/C24H22N4OS/c1-17-10-12-20(13-11-17)22(29)18(2)30-24-27-26-23(21-9-6-14-25-15-21)28(24)16-19-7-4-3-5-8-19/h3-15,18H,16H2,1-2H3/t18-/m1/s1. The third-order valence-corrected chi connectivity index (χ3v) is 5.89. The molecule has 4 rings (SSSR count). The number of ketones is 1. The summed E-state index contributed by atoms with van der Waals surface area (Å²) >= 11 is 1.43. The molecule has 2 heterocycles. The average Bonchev–Trinajstić information content (AvgIpc) is 3.17. The highest BCUT2D eigenvalue weighted by Gasteiger charge is 2.22. The fourth-order valence-corrected chi connectivity index (χ4v) is 4.08. The highest BCUT2D eigenvalue weighted by atomic mass is 32.2. The second kappa shape index (κ2) is 9.05. The van der Waals surface area contributed by atoms with Crippen LogP contribution in [0, 0.1) is 6.92 Å². The maximum Gasteiger partial charge on any atom is 0.192 e. The highest BCUT2D eigenvalue weighted by Crippen LogP contribution is 2.29. The molecule has 0 N–H and O–H groups in total. The summed E-state index contributed by atoms with van der Waals surface area (Å²) in [6.07, 6.45) is 3.51. The summed E-state index contributed by atoms with van der Waals surface area (Å²) < 4.78 is 2.05. The second-order valence-corrected chi connectivity index (χ2v) is 8.42. The van der Waals surface area contributed by atoms with Crippen LogP contribution in [0.25, 0.3) is 11.4 Å². The van der Waals surface area contributed by atoms with Crippen molar-refractivity contribution in [2.75, 3.05) is 0 Å². The van der Waals surface area contributed by atoms with Crippen LogP contribution in [0.5, 0.6) is 0 Å². The zero-order valence-electron chi connectivity index (χ0n) is 16.9. The zero-order valence-corrected chi connectivity index (χ0v) is 17.7. The molecule has 0 aliphatic heterocycles. The van der Waals surface area contributed by atoms with Gasteiger partial charge in [-0.25, -0.2) is 0 Å². The van der Waals surface area contributed by atoms with Gasteiger partial charge in [0.15, 0.2) is 16.8 Å². The molecular formula is C24H22N4OS. The summed E-state index contributed by atoms with van der Waals surface area (Å²) in [5.74, 6) is 0.821. The zero-order chi connectivity index (χ0) is 20.9. The predicted molar refractivity (Wildman–Crippen MR) is 120 cm³/mol. The maximum absolute atomic E-state index is 12.9. The molecule has 5 nitrogen and oxygen atoms in total. The number of benzene rings is 2. The molecule has 0 aliphatic carbocycles. The number of thioether (sulfide) groups is 1. The van der Waals surface area contributed by atoms with Crippen molar-refractivity contribution in [2.45, 2.75) is 30.8 Å². The van der Waals surface area contributed by atoms with Crippen molar-refractivity contribution < 1.29 is 4.79 Å². The van der Waals surface area contributed by atoms with Gasteiger partial charge in [0.2, 0.25) is 0 Å². The number of pyridine rings is 1. The lowest BCUT2D eigenvalue weighted by Crippen LogP contribution is -2.15. The number of hydrogen-bond acceptors (Lipinski definition) is 5. The van der Waals surface area contributed by atoms with Gasteiger partial charge in [-0.05, 0) is 31.5 Å². The van der Waals surface area contributed by atoms with Crippen molar-refractivity contribution >= 4 is 17.5 Å². The molecule has 0 unspecified atom stereocenters. The van der Waals surface area contributed by atoms with Crippen LogP contribution in [-0.4, -0.2) is 30.8 Å². The first-order chi connectivity index (χ1) is 14.6. The van der Waals surface area contributed by atoms with Gasteiger partial charge in [0.05, 0.1) is 11.8 Å². The van der Waals surface area contributed by atoms with Crippen LogP contribution in [-0.2, 0) is 6.54 Å². The normalized spacial score (nSPS) is 11.9. The van der Waals surface area contributed by atoms with E-state index in [0.717, 1.165) is 22.5 Å². The van der Waals surface area contributed by atoms with Crippen molar-refractivity contribution in [1.82, 2.24) is 19.7 Å². The molecule has 150 valence electrons. The van der Waals surface area contributed by atoms with E-state index in [4.69, 9.17) is 0 Å². The van der Waals surface area contributed by atoms with E-state index in [9.17, 15) is 4.79 Å². The molecule has 30 heavy (non-hydrogen) atoms. The molecule has 0 saturated carbocycles. The van der Waals surface area contributed by atoms with E-state index in [1.54, 1.807) is 12.4 Å². The number of carbonyl (C=O) groups is 1. The molecule has 4 aromatic rings. The molecule has 2 aromatic heterocycles. The summed E-state index contributed by atoms with van der Waals surface area (Å²) in [4.78, 5) is 17.1. The second-order valence-electron chi connectivity index (χ2n) is 7.11. The van der Waals surface area contributed by atoms with Crippen LogP contribution in [0.4, 0.5) is 0 Å². The summed E-state index contributed by atoms with van der Waals surface area (Å²) in [5, 5.41) is 9.26. The Kier molecular flexibility index (Phi) is 6.05. The van der Waals surface area contributed by atoms with Crippen LogP contribution in [0.3, 0.4) is 0 Å². The van der Waals surface area contributed by atoms with Crippen LogP contribution in [0.15, 0.2) is 84.3 Å². The molecule has 6 heteroatoms. The smallest absolute Gasteiger partial charge is 0.192 e. The number of aryl methyl sites for hydroxylation is 1. The van der Waals surface area contributed by atoms with Crippen molar-refractivity contribution in [2.24, 2.45) is 0 Å². The van der Waals surface area contributed by atoms with E-state index in [0.29, 0.717) is 17.3 Å². The van der Waals surface area contributed by atoms with Gasteiger partial charge in [-0.15, -0.1) is 10.2 Å². The lowest BCUT2D eigenvalue weighted by atomic mass is 10.1. The fourth-order valence-electron chi connectivity index (χ4n) is 3.16. The van der Waals surface area contributed by atoms with Crippen molar-refractivity contribution in [3.05, 3.63) is 95.8 Å². The van der Waals surface area contributed by atoms with Crippen molar-refractivity contribution in [1.29, 1.82) is 0 Å². The molecule has 0 fully saturated rings. The maximum atomic E-state index is 12.9. The Labute approximate surface area is 180 Å². The Morgan fingerprint density at radius 3 is 2.47 bits per heavy atom. The van der Waals surface area contributed by atoms with Gasteiger partial charge in [-0.3, -0.25) is 14.3 Å². The van der Waals surface area contributed by atoms with E-state index < -0.39 is 0 Å². The predicted octanol–water partition coefficient (Wildman–Crippen LogP) is 5.06. The average molecular weight is 415 g/mol. The summed E-state index contributed by atoms with van der Waals surface area (Å²) in [7, 11) is 0. The first-order valence-electron chi connectivity index (χ1n) is 9.77. The quantitative estimate of drug-likeness (QED) is 0.312. The summed E-state index contributed by atoms with van der Waals surface area (Å²) in [6, 6.07) is 21.7. The minimum atomic E-state index is -0.284. The Bertz CT molecular complexity index is 1130. The SMILES string of the molecule is Cc1ccc(C(=O)[C@@H](C)Sc2nnc(-c3cccnc3)n2Cc2ccccc2)cc1. The number of hydrogen-bond donors (Lipinski definition) is 0. The van der Waals surface area contributed by atoms with E-state index in [-0.39, 0.29) is 11.0 Å². The van der Waals surface area contributed by atoms with E-state index in [1.165, 1.54) is 11.8 Å². The van der Waals surface area contributed by atoms with Gasteiger partial charge >= 0.3 is 0 Å². The van der Waals surface area contributed by atoms with E-state index in [2.05, 4.69) is 31.9 Å².